The van der Waals surface area contributed by atoms with E-state index in [0.29, 0.717) is 18.8 Å². The Bertz CT molecular complexity index is 1100. The van der Waals surface area contributed by atoms with E-state index in [1.807, 2.05) is 18.7 Å². The number of hydrogen-bond donors (Lipinski definition) is 0. The zero-order chi connectivity index (χ0) is 24.3. The fourth-order valence-electron chi connectivity index (χ4n) is 4.94. The Hall–Kier alpha value is -2.26. The Labute approximate surface area is 201 Å². The number of benzene rings is 1. The van der Waals surface area contributed by atoms with Crippen LogP contribution in [-0.2, 0) is 38.2 Å². The number of carbonyl (C=O) groups is 1. The number of rotatable bonds is 9. The third-order valence-corrected chi connectivity index (χ3v) is 8.41. The zero-order valence-electron chi connectivity index (χ0n) is 20.0. The molecule has 1 aromatic heterocycles. The zero-order valence-corrected chi connectivity index (χ0v) is 20.8. The SMILES string of the molecule is CC(C)N(Cc1cnc(S(=O)(=O)Cc2ccccc2F)n1C[C@H]1CCCO1)C(=O)C1CCCC1. The summed E-state index contributed by atoms with van der Waals surface area (Å²) in [4.78, 5) is 19.4. The summed E-state index contributed by atoms with van der Waals surface area (Å²) in [5.41, 5.74) is 0.763. The van der Waals surface area contributed by atoms with Gasteiger partial charge in [0.15, 0.2) is 0 Å². The number of aromatic nitrogens is 2. The van der Waals surface area contributed by atoms with Crippen LogP contribution in [0.15, 0.2) is 35.6 Å². The normalized spacial score (nSPS) is 19.2. The van der Waals surface area contributed by atoms with Crippen LogP contribution in [0.1, 0.15) is 63.6 Å². The monoisotopic (exact) mass is 491 g/mol. The van der Waals surface area contributed by atoms with Gasteiger partial charge in [0.2, 0.25) is 20.9 Å². The minimum absolute atomic E-state index is 0.0289. The lowest BCUT2D eigenvalue weighted by molar-refractivity contribution is -0.137. The first-order chi connectivity index (χ1) is 16.3. The van der Waals surface area contributed by atoms with Crippen molar-refractivity contribution in [1.29, 1.82) is 0 Å². The molecule has 0 radical (unpaired) electrons. The fourth-order valence-corrected chi connectivity index (χ4v) is 6.45. The molecule has 34 heavy (non-hydrogen) atoms. The van der Waals surface area contributed by atoms with Crippen molar-refractivity contribution in [3.05, 3.63) is 47.5 Å². The quantitative estimate of drug-likeness (QED) is 0.528. The molecule has 4 rings (SSSR count). The lowest BCUT2D eigenvalue weighted by Gasteiger charge is -2.30. The van der Waals surface area contributed by atoms with E-state index < -0.39 is 21.4 Å². The molecule has 2 fully saturated rings. The molecule has 1 aliphatic carbocycles. The van der Waals surface area contributed by atoms with Gasteiger partial charge in [-0.05, 0) is 45.6 Å². The standard InChI is InChI=1S/C25H34FN3O4S/c1-18(2)28(24(30)19-8-3-4-9-19)15-21-14-27-25(29(21)16-22-11-7-13-33-22)34(31,32)17-20-10-5-6-12-23(20)26/h5-6,10,12,14,18-19,22H,3-4,7-9,11,13,15-17H2,1-2H3/t22-/m1/s1. The van der Waals surface area contributed by atoms with E-state index in [1.54, 1.807) is 16.8 Å². The lowest BCUT2D eigenvalue weighted by Crippen LogP contribution is -2.40. The van der Waals surface area contributed by atoms with Gasteiger partial charge in [-0.2, -0.15) is 0 Å². The highest BCUT2D eigenvalue weighted by molar-refractivity contribution is 7.90. The van der Waals surface area contributed by atoms with Crippen molar-refractivity contribution in [2.75, 3.05) is 6.61 Å². The summed E-state index contributed by atoms with van der Waals surface area (Å²) in [6, 6.07) is 5.85. The molecular formula is C25H34FN3O4S. The molecule has 0 N–H and O–H groups in total. The summed E-state index contributed by atoms with van der Waals surface area (Å²) < 4.78 is 48.4. The number of sulfone groups is 1. The van der Waals surface area contributed by atoms with E-state index in [9.17, 15) is 17.6 Å². The van der Waals surface area contributed by atoms with Crippen molar-refractivity contribution < 1.29 is 22.3 Å². The van der Waals surface area contributed by atoms with E-state index in [1.165, 1.54) is 18.2 Å². The first-order valence-electron chi connectivity index (χ1n) is 12.2. The molecule has 1 atom stereocenters. The van der Waals surface area contributed by atoms with Crippen molar-refractivity contribution in [2.45, 2.75) is 88.5 Å². The number of amides is 1. The van der Waals surface area contributed by atoms with Crippen molar-refractivity contribution in [1.82, 2.24) is 14.5 Å². The summed E-state index contributed by atoms with van der Waals surface area (Å²) in [7, 11) is -3.93. The van der Waals surface area contributed by atoms with Gasteiger partial charge in [0.25, 0.3) is 0 Å². The van der Waals surface area contributed by atoms with Crippen molar-refractivity contribution in [3.63, 3.8) is 0 Å². The second kappa shape index (κ2) is 10.6. The molecule has 9 heteroatoms. The number of hydrogen-bond acceptors (Lipinski definition) is 5. The molecule has 2 heterocycles. The minimum atomic E-state index is -3.93. The number of imidazole rings is 1. The molecular weight excluding hydrogens is 457 g/mol. The Morgan fingerprint density at radius 3 is 2.59 bits per heavy atom. The van der Waals surface area contributed by atoms with Crippen LogP contribution in [0, 0.1) is 11.7 Å². The van der Waals surface area contributed by atoms with E-state index >= 15 is 0 Å². The van der Waals surface area contributed by atoms with Crippen molar-refractivity contribution in [3.8, 4) is 0 Å². The first kappa shape index (κ1) is 24.9. The molecule has 7 nitrogen and oxygen atoms in total. The summed E-state index contributed by atoms with van der Waals surface area (Å²) in [5, 5.41) is -0.0988. The molecule has 0 spiro atoms. The van der Waals surface area contributed by atoms with Crippen LogP contribution in [0.2, 0.25) is 0 Å². The van der Waals surface area contributed by atoms with E-state index in [0.717, 1.165) is 38.5 Å². The average Bonchev–Trinajstić information content (AvgIpc) is 3.56. The van der Waals surface area contributed by atoms with Gasteiger partial charge in [0.1, 0.15) is 5.82 Å². The van der Waals surface area contributed by atoms with Gasteiger partial charge >= 0.3 is 0 Å². The van der Waals surface area contributed by atoms with Crippen LogP contribution < -0.4 is 0 Å². The van der Waals surface area contributed by atoms with Crippen LogP contribution in [0.4, 0.5) is 4.39 Å². The van der Waals surface area contributed by atoms with E-state index in [2.05, 4.69) is 4.98 Å². The van der Waals surface area contributed by atoms with Gasteiger partial charge in [0, 0.05) is 24.1 Å². The van der Waals surface area contributed by atoms with Crippen LogP contribution in [-0.4, -0.2) is 47.5 Å². The molecule has 0 unspecified atom stereocenters. The summed E-state index contributed by atoms with van der Waals surface area (Å²) >= 11 is 0. The van der Waals surface area contributed by atoms with Gasteiger partial charge in [-0.1, -0.05) is 31.0 Å². The second-order valence-corrected chi connectivity index (χ2v) is 11.6. The lowest BCUT2D eigenvalue weighted by atomic mass is 10.1. The van der Waals surface area contributed by atoms with Crippen LogP contribution in [0.25, 0.3) is 0 Å². The maximum absolute atomic E-state index is 14.2. The topological polar surface area (TPSA) is 81.5 Å². The van der Waals surface area contributed by atoms with Gasteiger partial charge < -0.3 is 14.2 Å². The minimum Gasteiger partial charge on any atom is -0.376 e. The smallest absolute Gasteiger partial charge is 0.228 e. The Kier molecular flexibility index (Phi) is 7.72. The molecule has 1 saturated heterocycles. The molecule has 0 bridgehead atoms. The number of halogens is 1. The number of nitrogens with zero attached hydrogens (tertiary/aromatic N) is 3. The molecule has 1 saturated carbocycles. The van der Waals surface area contributed by atoms with Crippen LogP contribution in [0.5, 0.6) is 0 Å². The molecule has 2 aliphatic rings. The highest BCUT2D eigenvalue weighted by Crippen LogP contribution is 2.29. The maximum Gasteiger partial charge on any atom is 0.228 e. The Morgan fingerprint density at radius 2 is 1.94 bits per heavy atom. The maximum atomic E-state index is 14.2. The molecule has 1 aromatic carbocycles. The summed E-state index contributed by atoms with van der Waals surface area (Å²) in [6.45, 7) is 5.21. The number of carbonyl (C=O) groups excluding carboxylic acids is 1. The van der Waals surface area contributed by atoms with E-state index in [-0.39, 0.29) is 41.2 Å². The molecule has 186 valence electrons. The molecule has 2 aromatic rings. The second-order valence-electron chi connectivity index (χ2n) is 9.67. The molecule has 1 amide bonds. The first-order valence-corrected chi connectivity index (χ1v) is 13.8. The average molecular weight is 492 g/mol. The highest BCUT2D eigenvalue weighted by atomic mass is 32.2. The van der Waals surface area contributed by atoms with Crippen LogP contribution in [0.3, 0.4) is 0 Å². The van der Waals surface area contributed by atoms with Gasteiger partial charge in [-0.3, -0.25) is 4.79 Å². The molecule has 1 aliphatic heterocycles. The highest BCUT2D eigenvalue weighted by Gasteiger charge is 2.32. The van der Waals surface area contributed by atoms with Crippen molar-refractivity contribution >= 4 is 15.7 Å². The van der Waals surface area contributed by atoms with Gasteiger partial charge in [0.05, 0.1) is 36.8 Å². The summed E-state index contributed by atoms with van der Waals surface area (Å²) in [6.07, 6.45) is 7.12. The fraction of sp³-hybridized carbons (Fsp3) is 0.600. The van der Waals surface area contributed by atoms with Gasteiger partial charge in [-0.15, -0.1) is 0 Å². The predicted octanol–water partition coefficient (Wildman–Crippen LogP) is 4.10. The Balaban J connectivity index is 1.65. The third-order valence-electron chi connectivity index (χ3n) is 6.84. The summed E-state index contributed by atoms with van der Waals surface area (Å²) in [5.74, 6) is -0.887. The largest absolute Gasteiger partial charge is 0.376 e. The van der Waals surface area contributed by atoms with Crippen molar-refractivity contribution in [2.24, 2.45) is 5.92 Å². The predicted molar refractivity (Wildman–Crippen MR) is 126 cm³/mol. The third kappa shape index (κ3) is 5.51. The van der Waals surface area contributed by atoms with Gasteiger partial charge in [-0.25, -0.2) is 17.8 Å². The Morgan fingerprint density at radius 1 is 1.21 bits per heavy atom. The van der Waals surface area contributed by atoms with E-state index in [4.69, 9.17) is 4.74 Å². The number of ether oxygens (including phenoxy) is 1. The van der Waals surface area contributed by atoms with Crippen LogP contribution >= 0.6 is 0 Å².